The van der Waals surface area contributed by atoms with E-state index in [0.29, 0.717) is 24.2 Å². The van der Waals surface area contributed by atoms with Gasteiger partial charge < -0.3 is 11.1 Å². The number of rotatable bonds is 5. The number of aryl methyl sites for hydroxylation is 1. The SMILES string of the molecule is Cc1nn(C(C)C)c(NCCc2cc(F)cc(F)c2)c1N. The van der Waals surface area contributed by atoms with Gasteiger partial charge in [-0.3, -0.25) is 0 Å². The predicted molar refractivity (Wildman–Crippen MR) is 80.3 cm³/mol. The van der Waals surface area contributed by atoms with Crippen LogP contribution in [0.2, 0.25) is 0 Å². The molecule has 2 rings (SSSR count). The molecule has 2 aromatic rings. The summed E-state index contributed by atoms with van der Waals surface area (Å²) in [6.45, 7) is 6.39. The van der Waals surface area contributed by atoms with Crippen LogP contribution >= 0.6 is 0 Å². The molecule has 6 heteroatoms. The Labute approximate surface area is 123 Å². The van der Waals surface area contributed by atoms with Crippen LogP contribution in [0.4, 0.5) is 20.3 Å². The molecule has 0 radical (unpaired) electrons. The molecule has 0 spiro atoms. The quantitative estimate of drug-likeness (QED) is 0.889. The predicted octanol–water partition coefficient (Wildman–Crippen LogP) is 3.29. The van der Waals surface area contributed by atoms with Crippen LogP contribution in [0.1, 0.15) is 31.1 Å². The van der Waals surface area contributed by atoms with Gasteiger partial charge in [0.15, 0.2) is 0 Å². The first-order chi connectivity index (χ1) is 9.88. The number of aromatic nitrogens is 2. The van der Waals surface area contributed by atoms with Gasteiger partial charge in [0.25, 0.3) is 0 Å². The van der Waals surface area contributed by atoms with Crippen LogP contribution in [0.5, 0.6) is 0 Å². The number of nitrogen functional groups attached to an aromatic ring is 1. The molecular formula is C15H20F2N4. The fraction of sp³-hybridized carbons (Fsp3) is 0.400. The molecule has 4 nitrogen and oxygen atoms in total. The van der Waals surface area contributed by atoms with Crippen LogP contribution in [-0.2, 0) is 6.42 Å². The number of nitrogens with one attached hydrogen (secondary N) is 1. The van der Waals surface area contributed by atoms with Gasteiger partial charge >= 0.3 is 0 Å². The average Bonchev–Trinajstić information content (AvgIpc) is 2.66. The highest BCUT2D eigenvalue weighted by atomic mass is 19.1. The average molecular weight is 294 g/mol. The normalized spacial score (nSPS) is 11.1. The van der Waals surface area contributed by atoms with Crippen molar-refractivity contribution >= 4 is 11.5 Å². The third kappa shape index (κ3) is 3.51. The Morgan fingerprint density at radius 1 is 1.24 bits per heavy atom. The molecular weight excluding hydrogens is 274 g/mol. The smallest absolute Gasteiger partial charge is 0.148 e. The van der Waals surface area contributed by atoms with Gasteiger partial charge in [-0.1, -0.05) is 0 Å². The van der Waals surface area contributed by atoms with Gasteiger partial charge in [0.2, 0.25) is 0 Å². The summed E-state index contributed by atoms with van der Waals surface area (Å²) in [5.74, 6) is -0.375. The van der Waals surface area contributed by atoms with Crippen LogP contribution in [0.25, 0.3) is 0 Å². The Kier molecular flexibility index (Phi) is 4.45. The summed E-state index contributed by atoms with van der Waals surface area (Å²) < 4.78 is 28.1. The lowest BCUT2D eigenvalue weighted by molar-refractivity contribution is 0.534. The van der Waals surface area contributed by atoms with Crippen LogP contribution in [-0.4, -0.2) is 16.3 Å². The molecule has 0 bridgehead atoms. The number of nitrogens with zero attached hydrogens (tertiary/aromatic N) is 2. The zero-order valence-corrected chi connectivity index (χ0v) is 12.5. The van der Waals surface area contributed by atoms with Crippen molar-refractivity contribution < 1.29 is 8.78 Å². The van der Waals surface area contributed by atoms with Crippen LogP contribution in [0, 0.1) is 18.6 Å². The van der Waals surface area contributed by atoms with E-state index in [1.54, 1.807) is 0 Å². The summed E-state index contributed by atoms with van der Waals surface area (Å²) in [5.41, 5.74) is 7.98. The van der Waals surface area contributed by atoms with E-state index in [2.05, 4.69) is 10.4 Å². The number of nitrogens with two attached hydrogens (primary N) is 1. The summed E-state index contributed by atoms with van der Waals surface area (Å²) in [6.07, 6.45) is 0.496. The number of halogens is 2. The van der Waals surface area contributed by atoms with Crippen molar-refractivity contribution in [3.63, 3.8) is 0 Å². The highest BCUT2D eigenvalue weighted by Gasteiger charge is 2.14. The van der Waals surface area contributed by atoms with E-state index in [-0.39, 0.29) is 6.04 Å². The van der Waals surface area contributed by atoms with Crippen molar-refractivity contribution in [1.29, 1.82) is 0 Å². The first-order valence-electron chi connectivity index (χ1n) is 6.92. The largest absolute Gasteiger partial charge is 0.394 e. The van der Waals surface area contributed by atoms with Crippen molar-refractivity contribution in [3.05, 3.63) is 41.1 Å². The van der Waals surface area contributed by atoms with Gasteiger partial charge in [-0.15, -0.1) is 0 Å². The van der Waals surface area contributed by atoms with E-state index >= 15 is 0 Å². The molecule has 114 valence electrons. The van der Waals surface area contributed by atoms with Crippen molar-refractivity contribution in [3.8, 4) is 0 Å². The summed E-state index contributed by atoms with van der Waals surface area (Å²) in [7, 11) is 0. The molecule has 1 aromatic heterocycles. The Bertz CT molecular complexity index is 615. The van der Waals surface area contributed by atoms with Gasteiger partial charge in [0, 0.05) is 18.7 Å². The maximum Gasteiger partial charge on any atom is 0.148 e. The molecule has 0 unspecified atom stereocenters. The van der Waals surface area contributed by atoms with Crippen molar-refractivity contribution in [1.82, 2.24) is 9.78 Å². The summed E-state index contributed by atoms with van der Waals surface area (Å²) in [6, 6.07) is 3.71. The maximum atomic E-state index is 13.1. The first-order valence-corrected chi connectivity index (χ1v) is 6.92. The highest BCUT2D eigenvalue weighted by molar-refractivity contribution is 5.64. The lowest BCUT2D eigenvalue weighted by Crippen LogP contribution is -2.13. The molecule has 21 heavy (non-hydrogen) atoms. The standard InChI is InChI=1S/C15H20F2N4/c1-9(2)21-15(14(18)10(3)20-21)19-5-4-11-6-12(16)8-13(17)7-11/h6-9,19H,4-5,18H2,1-3H3. The molecule has 0 aliphatic carbocycles. The number of hydrogen-bond donors (Lipinski definition) is 2. The Morgan fingerprint density at radius 3 is 2.43 bits per heavy atom. The van der Waals surface area contributed by atoms with Gasteiger partial charge in [0.1, 0.15) is 17.5 Å². The summed E-state index contributed by atoms with van der Waals surface area (Å²) in [5, 5.41) is 7.57. The van der Waals surface area contributed by atoms with E-state index in [1.165, 1.54) is 12.1 Å². The molecule has 0 aliphatic rings. The second-order valence-electron chi connectivity index (χ2n) is 5.34. The fourth-order valence-corrected chi connectivity index (χ4v) is 2.19. The molecule has 0 saturated carbocycles. The molecule has 0 atom stereocenters. The summed E-state index contributed by atoms with van der Waals surface area (Å²) >= 11 is 0. The number of anilines is 2. The molecule has 1 heterocycles. The lowest BCUT2D eigenvalue weighted by atomic mass is 10.1. The topological polar surface area (TPSA) is 55.9 Å². The second kappa shape index (κ2) is 6.11. The van der Waals surface area contributed by atoms with Gasteiger partial charge in [-0.2, -0.15) is 5.10 Å². The number of benzene rings is 1. The van der Waals surface area contributed by atoms with Crippen LogP contribution in [0.15, 0.2) is 18.2 Å². The minimum Gasteiger partial charge on any atom is -0.394 e. The van der Waals surface area contributed by atoms with E-state index in [4.69, 9.17) is 5.73 Å². The third-order valence-corrected chi connectivity index (χ3v) is 3.25. The van der Waals surface area contributed by atoms with Crippen molar-refractivity contribution in [2.24, 2.45) is 0 Å². The molecule has 0 amide bonds. The Balaban J connectivity index is 2.07. The summed E-state index contributed by atoms with van der Waals surface area (Å²) in [4.78, 5) is 0. The molecule has 3 N–H and O–H groups in total. The van der Waals surface area contributed by atoms with E-state index < -0.39 is 11.6 Å². The van der Waals surface area contributed by atoms with Crippen molar-refractivity contribution in [2.75, 3.05) is 17.6 Å². The molecule has 0 fully saturated rings. The molecule has 0 aliphatic heterocycles. The maximum absolute atomic E-state index is 13.1. The highest BCUT2D eigenvalue weighted by Crippen LogP contribution is 2.25. The van der Waals surface area contributed by atoms with Crippen molar-refractivity contribution in [2.45, 2.75) is 33.2 Å². The van der Waals surface area contributed by atoms with Gasteiger partial charge in [-0.05, 0) is 44.9 Å². The third-order valence-electron chi connectivity index (χ3n) is 3.25. The Morgan fingerprint density at radius 2 is 1.86 bits per heavy atom. The fourth-order valence-electron chi connectivity index (χ4n) is 2.19. The molecule has 1 aromatic carbocycles. The van der Waals surface area contributed by atoms with Crippen LogP contribution < -0.4 is 11.1 Å². The monoisotopic (exact) mass is 294 g/mol. The zero-order valence-electron chi connectivity index (χ0n) is 12.5. The van der Waals surface area contributed by atoms with E-state index in [0.717, 1.165) is 17.6 Å². The first kappa shape index (κ1) is 15.3. The van der Waals surface area contributed by atoms with Gasteiger partial charge in [-0.25, -0.2) is 13.5 Å². The Hall–Kier alpha value is -2.11. The van der Waals surface area contributed by atoms with Gasteiger partial charge in [0.05, 0.1) is 11.4 Å². The van der Waals surface area contributed by atoms with Crippen LogP contribution in [0.3, 0.4) is 0 Å². The minimum atomic E-state index is -0.562. The second-order valence-corrected chi connectivity index (χ2v) is 5.34. The minimum absolute atomic E-state index is 0.176. The van der Waals surface area contributed by atoms with E-state index in [1.807, 2.05) is 25.5 Å². The lowest BCUT2D eigenvalue weighted by Gasteiger charge is -2.13. The molecule has 0 saturated heterocycles. The number of hydrogen-bond acceptors (Lipinski definition) is 3. The van der Waals surface area contributed by atoms with E-state index in [9.17, 15) is 8.78 Å². The zero-order chi connectivity index (χ0) is 15.6.